The number of nitrogens with two attached hydrogens (primary N) is 1. The number of aromatic carboxylic acids is 1. The van der Waals surface area contributed by atoms with Gasteiger partial charge in [0, 0.05) is 23.7 Å². The third-order valence-electron chi connectivity index (χ3n) is 4.07. The number of hydrogen-bond donors (Lipinski definition) is 2. The van der Waals surface area contributed by atoms with E-state index in [2.05, 4.69) is 4.98 Å². The maximum absolute atomic E-state index is 13.8. The molecule has 1 heterocycles. The number of pyridine rings is 1. The zero-order valence-electron chi connectivity index (χ0n) is 14.5. The van der Waals surface area contributed by atoms with Crippen molar-refractivity contribution in [1.29, 1.82) is 0 Å². The number of benzene rings is 2. The summed E-state index contributed by atoms with van der Waals surface area (Å²) in [6.45, 7) is -0.00933. The molecule has 3 aromatic rings. The van der Waals surface area contributed by atoms with Crippen LogP contribution in [-0.4, -0.2) is 22.7 Å². The molecular formula is C20H15ClF2N2O3. The Balaban J connectivity index is 1.79. The van der Waals surface area contributed by atoms with Crippen molar-refractivity contribution in [2.75, 3.05) is 12.3 Å². The fourth-order valence-corrected chi connectivity index (χ4v) is 2.87. The number of anilines is 1. The van der Waals surface area contributed by atoms with Gasteiger partial charge >= 0.3 is 5.97 Å². The molecule has 2 aromatic carbocycles. The van der Waals surface area contributed by atoms with Gasteiger partial charge in [-0.05, 0) is 35.9 Å². The maximum atomic E-state index is 13.8. The highest BCUT2D eigenvalue weighted by Gasteiger charge is 2.13. The van der Waals surface area contributed by atoms with Crippen molar-refractivity contribution in [1.82, 2.24) is 4.98 Å². The molecule has 0 unspecified atom stereocenters. The average molecular weight is 405 g/mol. The van der Waals surface area contributed by atoms with Crippen LogP contribution in [0.15, 0.2) is 48.7 Å². The van der Waals surface area contributed by atoms with Crippen LogP contribution < -0.4 is 10.5 Å². The first-order chi connectivity index (χ1) is 13.4. The van der Waals surface area contributed by atoms with Crippen LogP contribution >= 0.6 is 11.6 Å². The Bertz CT molecular complexity index is 1040. The lowest BCUT2D eigenvalue weighted by Crippen LogP contribution is -2.07. The number of nitrogens with zero attached hydrogens (tertiary/aromatic N) is 1. The van der Waals surface area contributed by atoms with Crippen LogP contribution in [0.4, 0.5) is 14.6 Å². The van der Waals surface area contributed by atoms with Crippen molar-refractivity contribution in [3.63, 3.8) is 0 Å². The van der Waals surface area contributed by atoms with E-state index < -0.39 is 17.6 Å². The number of hydrogen-bond acceptors (Lipinski definition) is 4. The molecule has 0 saturated heterocycles. The summed E-state index contributed by atoms with van der Waals surface area (Å²) in [4.78, 5) is 15.2. The fraction of sp³-hybridized carbons (Fsp3) is 0.100. The normalized spacial score (nSPS) is 10.7. The van der Waals surface area contributed by atoms with Gasteiger partial charge in [0.05, 0.1) is 17.2 Å². The van der Waals surface area contributed by atoms with E-state index in [0.29, 0.717) is 11.1 Å². The molecule has 3 rings (SSSR count). The van der Waals surface area contributed by atoms with Gasteiger partial charge in [0.2, 0.25) is 0 Å². The summed E-state index contributed by atoms with van der Waals surface area (Å²) in [6, 6.07) is 9.89. The van der Waals surface area contributed by atoms with Crippen LogP contribution in [0, 0.1) is 11.6 Å². The number of halogens is 3. The second-order valence-electron chi connectivity index (χ2n) is 5.91. The van der Waals surface area contributed by atoms with Gasteiger partial charge in [-0.15, -0.1) is 0 Å². The molecule has 0 aliphatic carbocycles. The lowest BCUT2D eigenvalue weighted by Gasteiger charge is -2.12. The van der Waals surface area contributed by atoms with E-state index in [0.717, 1.165) is 12.1 Å². The second-order valence-corrected chi connectivity index (χ2v) is 6.29. The number of aromatic nitrogens is 1. The number of rotatable bonds is 6. The van der Waals surface area contributed by atoms with Crippen molar-refractivity contribution in [2.24, 2.45) is 0 Å². The molecule has 3 N–H and O–H groups in total. The fourth-order valence-electron chi connectivity index (χ4n) is 2.62. The minimum Gasteiger partial charge on any atom is -0.489 e. The Morgan fingerprint density at radius 3 is 2.64 bits per heavy atom. The topological polar surface area (TPSA) is 85.4 Å². The van der Waals surface area contributed by atoms with Crippen LogP contribution in [-0.2, 0) is 6.42 Å². The minimum atomic E-state index is -1.05. The Kier molecular flexibility index (Phi) is 5.75. The minimum absolute atomic E-state index is 0.00933. The zero-order valence-corrected chi connectivity index (χ0v) is 15.2. The van der Waals surface area contributed by atoms with Crippen LogP contribution in [0.3, 0.4) is 0 Å². The molecule has 0 atom stereocenters. The molecule has 0 fully saturated rings. The Labute approximate surface area is 164 Å². The summed E-state index contributed by atoms with van der Waals surface area (Å²) in [7, 11) is 0. The van der Waals surface area contributed by atoms with E-state index in [1.807, 2.05) is 0 Å². The highest BCUT2D eigenvalue weighted by Crippen LogP contribution is 2.28. The molecule has 1 aromatic heterocycles. The average Bonchev–Trinajstić information content (AvgIpc) is 2.69. The smallest absolute Gasteiger partial charge is 0.335 e. The molecule has 144 valence electrons. The zero-order chi connectivity index (χ0) is 20.3. The highest BCUT2D eigenvalue weighted by molar-refractivity contribution is 6.31. The molecule has 28 heavy (non-hydrogen) atoms. The van der Waals surface area contributed by atoms with Crippen LogP contribution in [0.1, 0.15) is 15.9 Å². The molecule has 0 saturated carbocycles. The SMILES string of the molecule is Nc1ncc(-c2cccc(C(=O)O)c2)cc1OCCc1c(F)ccc(F)c1Cl. The van der Waals surface area contributed by atoms with Crippen molar-refractivity contribution >= 4 is 23.4 Å². The number of carbonyl (C=O) groups is 1. The van der Waals surface area contributed by atoms with Gasteiger partial charge in [0.15, 0.2) is 11.6 Å². The first kappa shape index (κ1) is 19.6. The molecule has 0 amide bonds. The second kappa shape index (κ2) is 8.22. The molecule has 5 nitrogen and oxygen atoms in total. The maximum Gasteiger partial charge on any atom is 0.335 e. The monoisotopic (exact) mass is 404 g/mol. The Morgan fingerprint density at radius 1 is 1.14 bits per heavy atom. The van der Waals surface area contributed by atoms with E-state index >= 15 is 0 Å². The van der Waals surface area contributed by atoms with Gasteiger partial charge < -0.3 is 15.6 Å². The Hall–Kier alpha value is -3.19. The van der Waals surface area contributed by atoms with E-state index in [9.17, 15) is 13.6 Å². The number of carboxylic acids is 1. The summed E-state index contributed by atoms with van der Waals surface area (Å²) in [6.07, 6.45) is 1.52. The van der Waals surface area contributed by atoms with E-state index in [4.69, 9.17) is 27.2 Å². The van der Waals surface area contributed by atoms with Gasteiger partial charge in [0.25, 0.3) is 0 Å². The van der Waals surface area contributed by atoms with Crippen LogP contribution in [0.25, 0.3) is 11.1 Å². The summed E-state index contributed by atoms with van der Waals surface area (Å²) >= 11 is 5.80. The lowest BCUT2D eigenvalue weighted by molar-refractivity contribution is 0.0697. The third-order valence-corrected chi connectivity index (χ3v) is 4.48. The molecule has 0 aliphatic rings. The van der Waals surface area contributed by atoms with E-state index in [1.54, 1.807) is 18.2 Å². The van der Waals surface area contributed by atoms with Gasteiger partial charge in [0.1, 0.15) is 11.6 Å². The first-order valence-electron chi connectivity index (χ1n) is 8.21. The molecule has 0 bridgehead atoms. The molecular weight excluding hydrogens is 390 g/mol. The van der Waals surface area contributed by atoms with Crippen molar-refractivity contribution in [3.05, 3.63) is 76.4 Å². The van der Waals surface area contributed by atoms with Crippen LogP contribution in [0.2, 0.25) is 5.02 Å². The van der Waals surface area contributed by atoms with Crippen molar-refractivity contribution in [2.45, 2.75) is 6.42 Å². The standard InChI is InChI=1S/C20H15ClF2N2O3/c21-18-14(15(22)4-5-16(18)23)6-7-28-17-9-13(10-25-19(17)24)11-2-1-3-12(8-11)20(26)27/h1-5,8-10H,6-7H2,(H2,24,25)(H,26,27). The summed E-state index contributed by atoms with van der Waals surface area (Å²) in [5.74, 6) is -2.02. The largest absolute Gasteiger partial charge is 0.489 e. The predicted molar refractivity (Wildman–Crippen MR) is 102 cm³/mol. The van der Waals surface area contributed by atoms with Crippen molar-refractivity contribution in [3.8, 4) is 16.9 Å². The number of ether oxygens (including phenoxy) is 1. The lowest BCUT2D eigenvalue weighted by atomic mass is 10.0. The molecule has 0 spiro atoms. The summed E-state index contributed by atoms with van der Waals surface area (Å²) in [5.41, 5.74) is 7.18. The van der Waals surface area contributed by atoms with E-state index in [1.165, 1.54) is 18.3 Å². The number of nitrogen functional groups attached to an aromatic ring is 1. The third kappa shape index (κ3) is 4.20. The van der Waals surface area contributed by atoms with Gasteiger partial charge in [-0.25, -0.2) is 18.6 Å². The van der Waals surface area contributed by atoms with E-state index in [-0.39, 0.29) is 40.7 Å². The highest BCUT2D eigenvalue weighted by atomic mass is 35.5. The van der Waals surface area contributed by atoms with Crippen LogP contribution in [0.5, 0.6) is 5.75 Å². The quantitative estimate of drug-likeness (QED) is 0.587. The first-order valence-corrected chi connectivity index (χ1v) is 8.59. The Morgan fingerprint density at radius 2 is 1.89 bits per heavy atom. The summed E-state index contributed by atoms with van der Waals surface area (Å²) < 4.78 is 32.9. The molecule has 0 aliphatic heterocycles. The predicted octanol–water partition coefficient (Wildman–Crippen LogP) is 4.58. The molecule has 8 heteroatoms. The van der Waals surface area contributed by atoms with Gasteiger partial charge in [-0.1, -0.05) is 23.7 Å². The summed E-state index contributed by atoms with van der Waals surface area (Å²) in [5, 5.41) is 8.83. The molecule has 0 radical (unpaired) electrons. The van der Waals surface area contributed by atoms with Gasteiger partial charge in [-0.2, -0.15) is 0 Å². The van der Waals surface area contributed by atoms with Crippen molar-refractivity contribution < 1.29 is 23.4 Å². The van der Waals surface area contributed by atoms with Gasteiger partial charge in [-0.3, -0.25) is 0 Å². The number of carboxylic acid groups (broad SMARTS) is 1.